The number of rotatable bonds is 11. The minimum atomic E-state index is -0.898. The number of aromatic nitrogens is 1. The van der Waals surface area contributed by atoms with Crippen molar-refractivity contribution in [3.05, 3.63) is 63.0 Å². The monoisotopic (exact) mass is 553 g/mol. The number of ether oxygens (including phenoxy) is 1. The summed E-state index contributed by atoms with van der Waals surface area (Å²) in [7, 11) is 0. The molecule has 0 fully saturated rings. The summed E-state index contributed by atoms with van der Waals surface area (Å²) in [4.78, 5) is 17.3. The van der Waals surface area contributed by atoms with Gasteiger partial charge in [0.2, 0.25) is 0 Å². The lowest BCUT2D eigenvalue weighted by atomic mass is 9.87. The van der Waals surface area contributed by atoms with Gasteiger partial charge in [0.15, 0.2) is 0 Å². The molecule has 1 aliphatic rings. The van der Waals surface area contributed by atoms with E-state index in [2.05, 4.69) is 15.2 Å². The molecule has 10 heteroatoms. The zero-order chi connectivity index (χ0) is 26.7. The first-order valence-electron chi connectivity index (χ1n) is 12.4. The van der Waals surface area contributed by atoms with Gasteiger partial charge in [-0.3, -0.25) is 14.1 Å². The van der Waals surface area contributed by atoms with Gasteiger partial charge in [-0.1, -0.05) is 30.1 Å². The maximum Gasteiger partial charge on any atom is 0.307 e. The van der Waals surface area contributed by atoms with Crippen molar-refractivity contribution >= 4 is 40.1 Å². The number of carboxylic acids is 1. The molecule has 3 N–H and O–H groups in total. The van der Waals surface area contributed by atoms with Crippen molar-refractivity contribution < 1.29 is 23.4 Å². The Labute approximate surface area is 224 Å². The molecule has 0 radical (unpaired) electrons. The smallest absolute Gasteiger partial charge is 0.307 e. The highest BCUT2D eigenvalue weighted by Crippen LogP contribution is 2.47. The number of nitrogens with one attached hydrogen (secondary N) is 2. The first-order chi connectivity index (χ1) is 17.7. The van der Waals surface area contributed by atoms with Crippen molar-refractivity contribution in [1.82, 2.24) is 15.2 Å². The fourth-order valence-corrected chi connectivity index (χ4v) is 5.61. The number of benzene rings is 2. The van der Waals surface area contributed by atoms with Crippen molar-refractivity contribution in [2.45, 2.75) is 38.8 Å². The fraction of sp³-hybridized carbons (Fsp3) is 0.444. The molecule has 37 heavy (non-hydrogen) atoms. The first kappa shape index (κ1) is 27.6. The molecule has 1 aromatic heterocycles. The molecule has 0 unspecified atom stereocenters. The molecule has 0 spiro atoms. The molecule has 0 saturated heterocycles. The third-order valence-electron chi connectivity index (χ3n) is 6.87. The van der Waals surface area contributed by atoms with Crippen LogP contribution in [0.4, 0.5) is 8.78 Å². The summed E-state index contributed by atoms with van der Waals surface area (Å²) in [5.41, 5.74) is 3.16. The van der Waals surface area contributed by atoms with Gasteiger partial charge in [0.1, 0.15) is 18.2 Å². The number of aromatic amines is 1. The SMILES string of the molecule is C[C@H](CN1[C@H](c2c(Cl)ccc(OCCNCCCF)c2Cl)c2[nH]c3ccc(F)cc3c2C[C@H]1C)C(=O)O. The van der Waals surface area contributed by atoms with Crippen molar-refractivity contribution in [2.75, 3.05) is 32.9 Å². The van der Waals surface area contributed by atoms with E-state index in [1.54, 1.807) is 25.1 Å². The third-order valence-corrected chi connectivity index (χ3v) is 7.59. The minimum Gasteiger partial charge on any atom is -0.491 e. The summed E-state index contributed by atoms with van der Waals surface area (Å²) in [6, 6.07) is 7.47. The molecule has 1 aliphatic heterocycles. The average Bonchev–Trinajstić information content (AvgIpc) is 3.21. The lowest BCUT2D eigenvalue weighted by Gasteiger charge is -2.42. The van der Waals surface area contributed by atoms with E-state index in [9.17, 15) is 18.7 Å². The maximum absolute atomic E-state index is 14.2. The molecular formula is C27H31Cl2F2N3O3. The van der Waals surface area contributed by atoms with Gasteiger partial charge in [-0.15, -0.1) is 0 Å². The Morgan fingerprint density at radius 1 is 1.30 bits per heavy atom. The van der Waals surface area contributed by atoms with Crippen LogP contribution in [-0.2, 0) is 11.2 Å². The minimum absolute atomic E-state index is 0.0713. The Hall–Kier alpha value is -2.39. The highest BCUT2D eigenvalue weighted by molar-refractivity contribution is 6.37. The van der Waals surface area contributed by atoms with Crippen molar-refractivity contribution in [2.24, 2.45) is 5.92 Å². The largest absolute Gasteiger partial charge is 0.491 e. The van der Waals surface area contributed by atoms with Gasteiger partial charge in [-0.05, 0) is 62.2 Å². The predicted molar refractivity (Wildman–Crippen MR) is 142 cm³/mol. The molecule has 4 rings (SSSR count). The van der Waals surface area contributed by atoms with Gasteiger partial charge < -0.3 is 20.1 Å². The Morgan fingerprint density at radius 3 is 2.81 bits per heavy atom. The lowest BCUT2D eigenvalue weighted by molar-refractivity contribution is -0.142. The topological polar surface area (TPSA) is 77.6 Å². The molecule has 3 aromatic rings. The molecular weight excluding hydrogens is 523 g/mol. The number of aliphatic carboxylic acids is 1. The van der Waals surface area contributed by atoms with Gasteiger partial charge in [0, 0.05) is 46.3 Å². The summed E-state index contributed by atoms with van der Waals surface area (Å²) < 4.78 is 32.4. The van der Waals surface area contributed by atoms with Crippen LogP contribution in [-0.4, -0.2) is 59.9 Å². The number of fused-ring (bicyclic) bond motifs is 3. The zero-order valence-corrected chi connectivity index (χ0v) is 22.3. The van der Waals surface area contributed by atoms with Crippen LogP contribution in [0, 0.1) is 11.7 Å². The second kappa shape index (κ2) is 12.0. The Kier molecular flexibility index (Phi) is 8.95. The number of nitrogens with zero attached hydrogens (tertiary/aromatic N) is 1. The summed E-state index contributed by atoms with van der Waals surface area (Å²) >= 11 is 13.7. The van der Waals surface area contributed by atoms with Crippen molar-refractivity contribution in [3.63, 3.8) is 0 Å². The molecule has 6 nitrogen and oxygen atoms in total. The highest BCUT2D eigenvalue weighted by atomic mass is 35.5. The number of alkyl halides is 1. The van der Waals surface area contributed by atoms with E-state index in [0.29, 0.717) is 53.9 Å². The van der Waals surface area contributed by atoms with Gasteiger partial charge in [0.05, 0.1) is 23.7 Å². The molecule has 0 aliphatic carbocycles. The number of halogens is 4. The van der Waals surface area contributed by atoms with Crippen molar-refractivity contribution in [1.29, 1.82) is 0 Å². The standard InChI is InChI=1S/C27H31Cl2F2N3O3/c1-15(27(35)36)14-34-16(2)12-19-18-13-17(31)4-6-21(18)33-25(19)26(34)23-20(28)5-7-22(24(23)29)37-11-10-32-9-3-8-30/h4-7,13,15-16,26,32-33H,3,8-12,14H2,1-2H3,(H,35,36)/t15-,16-,26-/m1/s1. The van der Waals surface area contributed by atoms with Crippen LogP contribution in [0.15, 0.2) is 30.3 Å². The van der Waals surface area contributed by atoms with E-state index in [0.717, 1.165) is 22.2 Å². The molecule has 0 amide bonds. The third kappa shape index (κ3) is 5.87. The van der Waals surface area contributed by atoms with Crippen LogP contribution < -0.4 is 10.1 Å². The molecule has 0 bridgehead atoms. The van der Waals surface area contributed by atoms with Crippen molar-refractivity contribution in [3.8, 4) is 5.75 Å². The van der Waals surface area contributed by atoms with Gasteiger partial charge >= 0.3 is 5.97 Å². The summed E-state index contributed by atoms with van der Waals surface area (Å²) in [5, 5.41) is 14.3. The Morgan fingerprint density at radius 2 is 2.08 bits per heavy atom. The number of hydrogen-bond donors (Lipinski definition) is 3. The van der Waals surface area contributed by atoms with Gasteiger partial charge in [-0.25, -0.2) is 4.39 Å². The second-order valence-corrected chi connectivity index (χ2v) is 10.3. The van der Waals surface area contributed by atoms with Crippen LogP contribution in [0.1, 0.15) is 43.1 Å². The maximum atomic E-state index is 14.2. The summed E-state index contributed by atoms with van der Waals surface area (Å²) in [6.07, 6.45) is 1.05. The highest BCUT2D eigenvalue weighted by Gasteiger charge is 2.39. The summed E-state index contributed by atoms with van der Waals surface area (Å²) in [6.45, 7) is 4.98. The van der Waals surface area contributed by atoms with Crippen LogP contribution in [0.2, 0.25) is 10.0 Å². The van der Waals surface area contributed by atoms with Crippen LogP contribution >= 0.6 is 23.2 Å². The van der Waals surface area contributed by atoms with E-state index in [1.165, 1.54) is 12.1 Å². The molecule has 0 saturated carbocycles. The number of carbonyl (C=O) groups is 1. The number of hydrogen-bond acceptors (Lipinski definition) is 4. The van der Waals surface area contributed by atoms with E-state index < -0.39 is 17.9 Å². The van der Waals surface area contributed by atoms with Crippen LogP contribution in [0.3, 0.4) is 0 Å². The average molecular weight is 554 g/mol. The van der Waals surface area contributed by atoms with E-state index in [1.807, 2.05) is 6.92 Å². The van der Waals surface area contributed by atoms with Gasteiger partial charge in [-0.2, -0.15) is 0 Å². The van der Waals surface area contributed by atoms with E-state index in [4.69, 9.17) is 27.9 Å². The lowest BCUT2D eigenvalue weighted by Crippen LogP contribution is -2.46. The second-order valence-electron chi connectivity index (χ2n) is 9.51. The predicted octanol–water partition coefficient (Wildman–Crippen LogP) is 6.00. The Bertz CT molecular complexity index is 1270. The quantitative estimate of drug-likeness (QED) is 0.254. The molecule has 2 heterocycles. The van der Waals surface area contributed by atoms with Gasteiger partial charge in [0.25, 0.3) is 0 Å². The number of carboxylic acid groups (broad SMARTS) is 1. The fourth-order valence-electron chi connectivity index (χ4n) is 4.98. The van der Waals surface area contributed by atoms with Crippen LogP contribution in [0.5, 0.6) is 5.75 Å². The van der Waals surface area contributed by atoms with Crippen LogP contribution in [0.25, 0.3) is 10.9 Å². The molecule has 3 atom stereocenters. The van der Waals surface area contributed by atoms with E-state index in [-0.39, 0.29) is 25.1 Å². The first-order valence-corrected chi connectivity index (χ1v) is 13.1. The molecule has 200 valence electrons. The molecule has 2 aromatic carbocycles. The number of H-pyrrole nitrogens is 1. The zero-order valence-electron chi connectivity index (χ0n) is 20.8. The Balaban J connectivity index is 1.77. The van der Waals surface area contributed by atoms with E-state index >= 15 is 0 Å². The normalized spacial score (nSPS) is 18.6. The summed E-state index contributed by atoms with van der Waals surface area (Å²) in [5.74, 6) is -1.42.